The fraction of sp³-hybridized carbons (Fsp3) is 0. The van der Waals surface area contributed by atoms with Gasteiger partial charge in [0.25, 0.3) is 0 Å². The quantitative estimate of drug-likeness (QED) is 0.165. The van der Waals surface area contributed by atoms with E-state index >= 15 is 0 Å². The number of fused-ring (bicyclic) bond motifs is 6. The SMILES string of the molecule is c1ccc(N2B3c4ccccc4N4c5ccccc5B5c6c7c8c(c3c64)-c3c2cccc3N(c2ccccc2)B8N(c2ccccc2)c2cccc(c2-7)N5c2ccccc2)cc1. The Bertz CT molecular complexity index is 3150. The third kappa shape index (κ3) is 3.94. The predicted octanol–water partition coefficient (Wildman–Crippen LogP) is 9.63. The molecule has 9 aromatic carbocycles. The summed E-state index contributed by atoms with van der Waals surface area (Å²) in [5.74, 6) is 0. The zero-order chi connectivity index (χ0) is 40.2. The Morgan fingerprint density at radius 2 is 0.581 bits per heavy atom. The fourth-order valence-electron chi connectivity index (χ4n) is 12.2. The van der Waals surface area contributed by atoms with E-state index in [9.17, 15) is 0 Å². The maximum Gasteiger partial charge on any atom is 0.421 e. The molecule has 6 heterocycles. The molecule has 6 aliphatic rings. The van der Waals surface area contributed by atoms with Gasteiger partial charge in [0.2, 0.25) is 0 Å². The van der Waals surface area contributed by atoms with Crippen LogP contribution in [0.2, 0.25) is 0 Å². The summed E-state index contributed by atoms with van der Waals surface area (Å²) >= 11 is 0. The van der Waals surface area contributed by atoms with E-state index in [2.05, 4.69) is 230 Å². The number of rotatable bonds is 4. The summed E-state index contributed by atoms with van der Waals surface area (Å²) in [6.45, 7) is -0.349. The highest BCUT2D eigenvalue weighted by molar-refractivity contribution is 7.01. The van der Waals surface area contributed by atoms with Gasteiger partial charge in [-0.15, -0.1) is 0 Å². The van der Waals surface area contributed by atoms with Crippen LogP contribution in [0, 0.1) is 0 Å². The van der Waals surface area contributed by atoms with E-state index < -0.39 is 0 Å². The van der Waals surface area contributed by atoms with Crippen LogP contribution < -0.4 is 51.5 Å². The van der Waals surface area contributed by atoms with Crippen LogP contribution in [0.4, 0.5) is 62.6 Å². The summed E-state index contributed by atoms with van der Waals surface area (Å²) in [5.41, 5.74) is 25.6. The van der Waals surface area contributed by atoms with Crippen LogP contribution in [0.5, 0.6) is 0 Å². The lowest BCUT2D eigenvalue weighted by molar-refractivity contribution is 1.22. The van der Waals surface area contributed by atoms with Crippen molar-refractivity contribution in [3.8, 4) is 22.3 Å². The molecule has 0 saturated carbocycles. The van der Waals surface area contributed by atoms with Gasteiger partial charge in [0, 0.05) is 73.7 Å². The number of hydrogen-bond donors (Lipinski definition) is 0. The molecule has 8 heteroatoms. The highest BCUT2D eigenvalue weighted by Crippen LogP contribution is 2.59. The Hall–Kier alpha value is -7.83. The second-order valence-corrected chi connectivity index (χ2v) is 17.1. The lowest BCUT2D eigenvalue weighted by Gasteiger charge is -2.57. The van der Waals surface area contributed by atoms with Gasteiger partial charge < -0.3 is 24.1 Å². The van der Waals surface area contributed by atoms with Gasteiger partial charge in [-0.3, -0.25) is 0 Å². The zero-order valence-corrected chi connectivity index (χ0v) is 33.6. The van der Waals surface area contributed by atoms with Crippen LogP contribution in [-0.4, -0.2) is 20.7 Å². The van der Waals surface area contributed by atoms with Gasteiger partial charge in [0.1, 0.15) is 0 Å². The van der Waals surface area contributed by atoms with Crippen LogP contribution >= 0.6 is 0 Å². The monoisotopic (exact) mass is 785 g/mol. The standard InChI is InChI=1S/C54H34B3N5/c1-5-19-35(20-6-1)59-43-31-17-33-45-47(43)49-51-50-48-44(32-18-34-46(48)62(38-25-11-4-12-26-38)57(51)61(45)37-23-9-3-10-24-37)60(36-21-7-2-8-22-36)56-40-28-14-16-30-42(40)58-41-29-15-13-27-39(41)55(59)52(49)54(58)53(50)56/h1-34H. The highest BCUT2D eigenvalue weighted by Gasteiger charge is 2.60. The van der Waals surface area contributed by atoms with Crippen molar-refractivity contribution in [3.63, 3.8) is 0 Å². The van der Waals surface area contributed by atoms with Gasteiger partial charge in [-0.25, -0.2) is 0 Å². The molecule has 0 saturated heterocycles. The van der Waals surface area contributed by atoms with Gasteiger partial charge in [-0.2, -0.15) is 0 Å². The summed E-state index contributed by atoms with van der Waals surface area (Å²) in [6.07, 6.45) is 0. The van der Waals surface area contributed by atoms with Crippen molar-refractivity contribution < 1.29 is 0 Å². The largest absolute Gasteiger partial charge is 0.421 e. The molecule has 284 valence electrons. The molecule has 0 atom stereocenters. The van der Waals surface area contributed by atoms with E-state index in [1.807, 2.05) is 0 Å². The molecule has 6 aliphatic heterocycles. The number of anilines is 11. The van der Waals surface area contributed by atoms with Gasteiger partial charge in [-0.1, -0.05) is 121 Å². The second-order valence-electron chi connectivity index (χ2n) is 17.1. The first-order valence-electron chi connectivity index (χ1n) is 21.7. The topological polar surface area (TPSA) is 16.2 Å². The summed E-state index contributed by atoms with van der Waals surface area (Å²) < 4.78 is 0. The third-order valence-corrected chi connectivity index (χ3v) is 14.3. The Kier molecular flexibility index (Phi) is 6.34. The summed E-state index contributed by atoms with van der Waals surface area (Å²) in [6, 6.07) is 76.9. The Morgan fingerprint density at radius 1 is 0.258 bits per heavy atom. The smallest absolute Gasteiger partial charge is 0.376 e. The lowest BCUT2D eigenvalue weighted by atomic mass is 9.34. The fourth-order valence-corrected chi connectivity index (χ4v) is 12.2. The van der Waals surface area contributed by atoms with E-state index in [1.54, 1.807) is 0 Å². The molecule has 0 bridgehead atoms. The van der Waals surface area contributed by atoms with Gasteiger partial charge in [0.05, 0.1) is 0 Å². The van der Waals surface area contributed by atoms with Crippen molar-refractivity contribution in [2.75, 3.05) is 24.1 Å². The van der Waals surface area contributed by atoms with Crippen LogP contribution in [0.25, 0.3) is 22.3 Å². The minimum atomic E-state index is -0.188. The Balaban J connectivity index is 1.20. The molecule has 15 rings (SSSR count). The molecule has 0 aromatic heterocycles. The second kappa shape index (κ2) is 11.9. The van der Waals surface area contributed by atoms with Crippen LogP contribution in [0.1, 0.15) is 0 Å². The van der Waals surface area contributed by atoms with Crippen molar-refractivity contribution in [1.82, 2.24) is 0 Å². The molecule has 0 N–H and O–H groups in total. The number of hydrogen-bond acceptors (Lipinski definition) is 5. The third-order valence-electron chi connectivity index (χ3n) is 14.3. The molecule has 0 fully saturated rings. The maximum absolute atomic E-state index is 2.65. The van der Waals surface area contributed by atoms with E-state index in [4.69, 9.17) is 0 Å². The number of benzene rings is 9. The van der Waals surface area contributed by atoms with E-state index in [0.717, 1.165) is 0 Å². The molecule has 9 aromatic rings. The highest BCUT2D eigenvalue weighted by atomic mass is 15.3. The van der Waals surface area contributed by atoms with E-state index in [1.165, 1.54) is 112 Å². The van der Waals surface area contributed by atoms with Crippen molar-refractivity contribution in [2.24, 2.45) is 0 Å². The van der Waals surface area contributed by atoms with Crippen molar-refractivity contribution in [3.05, 3.63) is 206 Å². The summed E-state index contributed by atoms with van der Waals surface area (Å²) in [4.78, 5) is 13.2. The first kappa shape index (κ1) is 33.0. The van der Waals surface area contributed by atoms with Gasteiger partial charge >= 0.3 is 20.7 Å². The molecule has 62 heavy (non-hydrogen) atoms. The summed E-state index contributed by atoms with van der Waals surface area (Å²) in [5, 5.41) is 0. The normalized spacial score (nSPS) is 14.8. The molecular weight excluding hydrogens is 751 g/mol. The first-order valence-corrected chi connectivity index (χ1v) is 21.7. The van der Waals surface area contributed by atoms with Crippen molar-refractivity contribution in [2.45, 2.75) is 0 Å². The minimum Gasteiger partial charge on any atom is -0.376 e. The van der Waals surface area contributed by atoms with Gasteiger partial charge in [0.15, 0.2) is 0 Å². The number of para-hydroxylation sites is 6. The Labute approximate surface area is 361 Å². The van der Waals surface area contributed by atoms with Crippen molar-refractivity contribution in [1.29, 1.82) is 0 Å². The minimum absolute atomic E-state index is 0.0806. The van der Waals surface area contributed by atoms with Crippen LogP contribution in [-0.2, 0) is 0 Å². The summed E-state index contributed by atoms with van der Waals surface area (Å²) in [7, 11) is 0. The Morgan fingerprint density at radius 3 is 0.984 bits per heavy atom. The van der Waals surface area contributed by atoms with E-state index in [0.29, 0.717) is 0 Å². The molecule has 0 radical (unpaired) electrons. The first-order chi connectivity index (χ1) is 30.9. The molecule has 0 amide bonds. The predicted molar refractivity (Wildman–Crippen MR) is 262 cm³/mol. The van der Waals surface area contributed by atoms with E-state index in [-0.39, 0.29) is 20.7 Å². The average molecular weight is 785 g/mol. The van der Waals surface area contributed by atoms with Crippen LogP contribution in [0.15, 0.2) is 206 Å². The maximum atomic E-state index is 2.65. The average Bonchev–Trinajstić information content (AvgIpc) is 3.34. The van der Waals surface area contributed by atoms with Gasteiger partial charge in [-0.05, 0) is 123 Å². The molecule has 0 unspecified atom stereocenters. The molecule has 5 nitrogen and oxygen atoms in total. The number of nitrogens with zero attached hydrogens (tertiary/aromatic N) is 5. The molecule has 0 spiro atoms. The van der Waals surface area contributed by atoms with Crippen molar-refractivity contribution >= 4 is 111 Å². The molecule has 0 aliphatic carbocycles. The lowest BCUT2D eigenvalue weighted by Crippen LogP contribution is -2.74. The van der Waals surface area contributed by atoms with Crippen LogP contribution in [0.3, 0.4) is 0 Å². The molecular formula is C54H34B3N5. The zero-order valence-electron chi connectivity index (χ0n) is 33.6.